The number of hydrogen-bond donors (Lipinski definition) is 1. The molecule has 1 aromatic carbocycles. The summed E-state index contributed by atoms with van der Waals surface area (Å²) in [5.74, 6) is 0. The second-order valence-electron chi connectivity index (χ2n) is 5.43. The van der Waals surface area contributed by atoms with Gasteiger partial charge in [0.1, 0.15) is 0 Å². The highest BCUT2D eigenvalue weighted by Gasteiger charge is 2.43. The highest BCUT2D eigenvalue weighted by Crippen LogP contribution is 2.37. The van der Waals surface area contributed by atoms with Crippen molar-refractivity contribution in [3.05, 3.63) is 23.2 Å². The van der Waals surface area contributed by atoms with Gasteiger partial charge in [-0.05, 0) is 31.0 Å². The third kappa shape index (κ3) is 2.72. The van der Waals surface area contributed by atoms with Crippen molar-refractivity contribution in [2.75, 3.05) is 25.6 Å². The van der Waals surface area contributed by atoms with Gasteiger partial charge in [0.05, 0.1) is 27.9 Å². The van der Waals surface area contributed by atoms with E-state index >= 15 is 0 Å². The number of anilines is 1. The molecular formula is C14H18ClNO3S. The third-order valence-corrected chi connectivity index (χ3v) is 6.05. The van der Waals surface area contributed by atoms with E-state index in [4.69, 9.17) is 26.8 Å². The number of halogens is 1. The Kier molecular flexibility index (Phi) is 4.04. The van der Waals surface area contributed by atoms with Crippen molar-refractivity contribution in [2.45, 2.75) is 35.0 Å². The van der Waals surface area contributed by atoms with Crippen LogP contribution in [0.4, 0.5) is 5.69 Å². The Morgan fingerprint density at radius 3 is 2.95 bits per heavy atom. The topological polar surface area (TPSA) is 61.6 Å². The van der Waals surface area contributed by atoms with Gasteiger partial charge >= 0.3 is 0 Å². The van der Waals surface area contributed by atoms with E-state index in [1.54, 1.807) is 18.2 Å². The highest BCUT2D eigenvalue weighted by molar-refractivity contribution is 7.85. The molecule has 2 aliphatic rings. The van der Waals surface area contributed by atoms with Crippen LogP contribution in [0.2, 0.25) is 5.02 Å². The molecule has 0 saturated carbocycles. The van der Waals surface area contributed by atoms with Gasteiger partial charge in [0.15, 0.2) is 0 Å². The molecule has 3 rings (SSSR count). The Bertz CT molecular complexity index is 531. The van der Waals surface area contributed by atoms with Crippen LogP contribution in [-0.2, 0) is 20.3 Å². The van der Waals surface area contributed by atoms with Crippen LogP contribution in [-0.4, -0.2) is 34.9 Å². The van der Waals surface area contributed by atoms with Gasteiger partial charge < -0.3 is 15.2 Å². The van der Waals surface area contributed by atoms with Crippen molar-refractivity contribution < 1.29 is 13.7 Å². The Hall–Kier alpha value is -0.620. The second-order valence-corrected chi connectivity index (χ2v) is 7.57. The summed E-state index contributed by atoms with van der Waals surface area (Å²) in [5.41, 5.74) is 6.20. The molecule has 4 nitrogen and oxygen atoms in total. The van der Waals surface area contributed by atoms with E-state index in [9.17, 15) is 4.21 Å². The lowest BCUT2D eigenvalue weighted by Gasteiger charge is -2.36. The summed E-state index contributed by atoms with van der Waals surface area (Å²) < 4.78 is 24.1. The van der Waals surface area contributed by atoms with Crippen LogP contribution in [0.3, 0.4) is 0 Å². The van der Waals surface area contributed by atoms with E-state index in [-0.39, 0.29) is 10.9 Å². The first-order valence-electron chi connectivity index (χ1n) is 6.77. The Morgan fingerprint density at radius 2 is 2.25 bits per heavy atom. The number of ether oxygens (including phenoxy) is 2. The average molecular weight is 316 g/mol. The Balaban J connectivity index is 1.79. The van der Waals surface area contributed by atoms with E-state index in [1.807, 2.05) is 0 Å². The minimum atomic E-state index is -1.13. The largest absolute Gasteiger partial charge is 0.398 e. The van der Waals surface area contributed by atoms with Crippen molar-refractivity contribution >= 4 is 28.1 Å². The van der Waals surface area contributed by atoms with Crippen LogP contribution in [0.25, 0.3) is 0 Å². The van der Waals surface area contributed by atoms with E-state index in [2.05, 4.69) is 0 Å². The van der Waals surface area contributed by atoms with Gasteiger partial charge in [-0.25, -0.2) is 0 Å². The number of nitrogens with two attached hydrogens (primary N) is 1. The highest BCUT2D eigenvalue weighted by atomic mass is 35.5. The van der Waals surface area contributed by atoms with Crippen LogP contribution in [0, 0.1) is 0 Å². The standard InChI is InChI=1S/C14H18ClNO3S/c15-10-1-2-13(12(16)7-10)20(17)11-3-5-19-14(8-11)4-6-18-9-14/h1-2,7,11H,3-6,8-9,16H2. The summed E-state index contributed by atoms with van der Waals surface area (Å²) in [5, 5.41) is 0.629. The zero-order valence-corrected chi connectivity index (χ0v) is 12.7. The van der Waals surface area contributed by atoms with Crippen LogP contribution in [0.1, 0.15) is 19.3 Å². The third-order valence-electron chi connectivity index (χ3n) is 4.01. The maximum atomic E-state index is 12.8. The predicted molar refractivity (Wildman–Crippen MR) is 79.4 cm³/mol. The molecule has 20 heavy (non-hydrogen) atoms. The molecular weight excluding hydrogens is 298 g/mol. The van der Waals surface area contributed by atoms with Crippen LogP contribution >= 0.6 is 11.6 Å². The lowest BCUT2D eigenvalue weighted by Crippen LogP contribution is -2.43. The summed E-state index contributed by atoms with van der Waals surface area (Å²) >= 11 is 5.89. The van der Waals surface area contributed by atoms with Crippen molar-refractivity contribution in [1.82, 2.24) is 0 Å². The van der Waals surface area contributed by atoms with Gasteiger partial charge in [-0.15, -0.1) is 0 Å². The molecule has 0 aliphatic carbocycles. The van der Waals surface area contributed by atoms with Gasteiger partial charge in [0, 0.05) is 35.6 Å². The Morgan fingerprint density at radius 1 is 1.40 bits per heavy atom. The molecule has 2 saturated heterocycles. The molecule has 6 heteroatoms. The first kappa shape index (κ1) is 14.3. The van der Waals surface area contributed by atoms with E-state index in [1.165, 1.54) is 0 Å². The van der Waals surface area contributed by atoms with Crippen molar-refractivity contribution in [2.24, 2.45) is 0 Å². The molecule has 3 unspecified atom stereocenters. The minimum Gasteiger partial charge on any atom is -0.398 e. The molecule has 2 aliphatic heterocycles. The molecule has 1 spiro atoms. The molecule has 2 heterocycles. The molecule has 110 valence electrons. The van der Waals surface area contributed by atoms with Gasteiger partial charge in [-0.1, -0.05) is 11.6 Å². The molecule has 0 aromatic heterocycles. The Labute approximate surface area is 126 Å². The van der Waals surface area contributed by atoms with Gasteiger partial charge in [-0.2, -0.15) is 0 Å². The second kappa shape index (κ2) is 5.64. The summed E-state index contributed by atoms with van der Waals surface area (Å²) in [6.07, 6.45) is 2.44. The lowest BCUT2D eigenvalue weighted by atomic mass is 9.93. The maximum absolute atomic E-state index is 12.8. The number of hydrogen-bond acceptors (Lipinski definition) is 4. The van der Waals surface area contributed by atoms with Gasteiger partial charge in [0.2, 0.25) is 0 Å². The van der Waals surface area contributed by atoms with Crippen LogP contribution in [0.5, 0.6) is 0 Å². The first-order chi connectivity index (χ1) is 9.60. The zero-order valence-electron chi connectivity index (χ0n) is 11.1. The normalized spacial score (nSPS) is 31.6. The monoisotopic (exact) mass is 315 g/mol. The summed E-state index contributed by atoms with van der Waals surface area (Å²) in [6, 6.07) is 5.16. The van der Waals surface area contributed by atoms with E-state index in [0.29, 0.717) is 28.8 Å². The lowest BCUT2D eigenvalue weighted by molar-refractivity contribution is -0.0774. The fourth-order valence-electron chi connectivity index (χ4n) is 2.91. The number of benzene rings is 1. The average Bonchev–Trinajstić information content (AvgIpc) is 2.86. The van der Waals surface area contributed by atoms with E-state index in [0.717, 1.165) is 25.9 Å². The molecule has 2 fully saturated rings. The van der Waals surface area contributed by atoms with Crippen molar-refractivity contribution in [1.29, 1.82) is 0 Å². The minimum absolute atomic E-state index is 0.0638. The number of rotatable bonds is 2. The molecule has 0 bridgehead atoms. The first-order valence-corrected chi connectivity index (χ1v) is 8.36. The molecule has 1 aromatic rings. The predicted octanol–water partition coefficient (Wildman–Crippen LogP) is 2.37. The van der Waals surface area contributed by atoms with Crippen LogP contribution < -0.4 is 5.73 Å². The zero-order chi connectivity index (χ0) is 14.2. The smallest absolute Gasteiger partial charge is 0.0948 e. The van der Waals surface area contributed by atoms with Gasteiger partial charge in [-0.3, -0.25) is 4.21 Å². The van der Waals surface area contributed by atoms with Crippen molar-refractivity contribution in [3.8, 4) is 0 Å². The summed E-state index contributed by atoms with van der Waals surface area (Å²) in [6.45, 7) is 1.96. The SMILES string of the molecule is Nc1cc(Cl)ccc1S(=O)C1CCOC2(CCOC2)C1. The summed E-state index contributed by atoms with van der Waals surface area (Å²) in [4.78, 5) is 0.676. The molecule has 3 atom stereocenters. The van der Waals surface area contributed by atoms with Crippen LogP contribution in [0.15, 0.2) is 23.1 Å². The maximum Gasteiger partial charge on any atom is 0.0948 e. The fraction of sp³-hybridized carbons (Fsp3) is 0.571. The fourth-order valence-corrected chi connectivity index (χ4v) is 4.71. The summed E-state index contributed by atoms with van der Waals surface area (Å²) in [7, 11) is -1.13. The number of nitrogen functional groups attached to an aromatic ring is 1. The van der Waals surface area contributed by atoms with Crippen molar-refractivity contribution in [3.63, 3.8) is 0 Å². The van der Waals surface area contributed by atoms with E-state index < -0.39 is 10.8 Å². The van der Waals surface area contributed by atoms with Gasteiger partial charge in [0.25, 0.3) is 0 Å². The molecule has 0 amide bonds. The molecule has 2 N–H and O–H groups in total. The molecule has 0 radical (unpaired) electrons. The quantitative estimate of drug-likeness (QED) is 0.851.